The molecule has 2 heterocycles. The minimum Gasteiger partial charge on any atom is -0.507 e. The standard InChI is InChI=1S/C29H21ClFN3O4S2/c1-2-14-38-21-8-5-7-18(15-21)24-23(25(35)17-10-12-20(30)13-11-17)26(36)27(37)34(24)28-32-33-29(40-28)39-16-19-6-3-4-9-22(19)31/h2-13,15,24,35H,1,14,16H2/b25-23+. The number of halogens is 2. The van der Waals surface area contributed by atoms with Crippen LogP contribution < -0.4 is 9.64 Å². The number of amides is 1. The molecule has 1 aliphatic heterocycles. The van der Waals surface area contributed by atoms with Crippen molar-refractivity contribution in [2.45, 2.75) is 16.1 Å². The number of hydrogen-bond donors (Lipinski definition) is 1. The third-order valence-corrected chi connectivity index (χ3v) is 8.37. The van der Waals surface area contributed by atoms with Crippen LogP contribution >= 0.6 is 34.7 Å². The normalized spacial score (nSPS) is 16.4. The van der Waals surface area contributed by atoms with Gasteiger partial charge in [0, 0.05) is 16.3 Å². The number of ether oxygens (including phenoxy) is 1. The molecule has 1 fully saturated rings. The smallest absolute Gasteiger partial charge is 0.301 e. The molecule has 202 valence electrons. The van der Waals surface area contributed by atoms with Crippen molar-refractivity contribution in [1.29, 1.82) is 0 Å². The van der Waals surface area contributed by atoms with Gasteiger partial charge in [-0.1, -0.05) is 77.7 Å². The lowest BCUT2D eigenvalue weighted by molar-refractivity contribution is -0.132. The predicted molar refractivity (Wildman–Crippen MR) is 154 cm³/mol. The van der Waals surface area contributed by atoms with Crippen LogP contribution in [0.2, 0.25) is 5.02 Å². The summed E-state index contributed by atoms with van der Waals surface area (Å²) in [6.45, 7) is 3.91. The Morgan fingerprint density at radius 3 is 2.65 bits per heavy atom. The average molecular weight is 594 g/mol. The number of hydrogen-bond acceptors (Lipinski definition) is 8. The highest BCUT2D eigenvalue weighted by Crippen LogP contribution is 2.44. The van der Waals surface area contributed by atoms with E-state index in [4.69, 9.17) is 16.3 Å². The van der Waals surface area contributed by atoms with E-state index in [0.29, 0.717) is 37.6 Å². The Morgan fingerprint density at radius 2 is 1.90 bits per heavy atom. The molecule has 0 radical (unpaired) electrons. The molecule has 1 N–H and O–H groups in total. The van der Waals surface area contributed by atoms with E-state index in [1.165, 1.54) is 22.7 Å². The number of carbonyl (C=O) groups is 2. The molecule has 1 atom stereocenters. The quantitative estimate of drug-likeness (QED) is 0.0569. The second-order valence-corrected chi connectivity index (χ2v) is 11.2. The Balaban J connectivity index is 1.56. The second kappa shape index (κ2) is 12.0. The largest absolute Gasteiger partial charge is 0.507 e. The lowest BCUT2D eigenvalue weighted by atomic mass is 9.95. The lowest BCUT2D eigenvalue weighted by Crippen LogP contribution is -2.29. The van der Waals surface area contributed by atoms with E-state index < -0.39 is 17.7 Å². The molecule has 1 unspecified atom stereocenters. The first-order valence-electron chi connectivity index (χ1n) is 12.0. The summed E-state index contributed by atoms with van der Waals surface area (Å²) in [5, 5.41) is 20.2. The van der Waals surface area contributed by atoms with Crippen LogP contribution in [0.5, 0.6) is 5.75 Å². The van der Waals surface area contributed by atoms with E-state index in [0.717, 1.165) is 11.3 Å². The maximum Gasteiger partial charge on any atom is 0.301 e. The molecule has 0 aliphatic carbocycles. The zero-order valence-corrected chi connectivity index (χ0v) is 23.2. The van der Waals surface area contributed by atoms with E-state index in [9.17, 15) is 19.1 Å². The minimum absolute atomic E-state index is 0.107. The van der Waals surface area contributed by atoms with Crippen molar-refractivity contribution in [2.24, 2.45) is 0 Å². The van der Waals surface area contributed by atoms with Crippen molar-refractivity contribution in [3.8, 4) is 5.75 Å². The van der Waals surface area contributed by atoms with Crippen molar-refractivity contribution >= 4 is 57.3 Å². The molecule has 3 aromatic carbocycles. The van der Waals surface area contributed by atoms with Gasteiger partial charge in [-0.3, -0.25) is 14.5 Å². The Morgan fingerprint density at radius 1 is 1.12 bits per heavy atom. The van der Waals surface area contributed by atoms with Crippen LogP contribution in [0.15, 0.2) is 95.4 Å². The summed E-state index contributed by atoms with van der Waals surface area (Å²) >= 11 is 8.36. The molecule has 11 heteroatoms. The van der Waals surface area contributed by atoms with Crippen molar-refractivity contribution in [1.82, 2.24) is 10.2 Å². The number of aliphatic hydroxyl groups is 1. The third-order valence-electron chi connectivity index (χ3n) is 6.01. The van der Waals surface area contributed by atoms with Gasteiger partial charge in [-0.2, -0.15) is 0 Å². The van der Waals surface area contributed by atoms with Crippen LogP contribution in [0.3, 0.4) is 0 Å². The number of aromatic nitrogens is 2. The summed E-state index contributed by atoms with van der Waals surface area (Å²) in [5.74, 6) is -1.61. The third kappa shape index (κ3) is 5.65. The first kappa shape index (κ1) is 27.6. The maximum atomic E-state index is 14.1. The number of benzene rings is 3. The molecule has 1 aliphatic rings. The first-order valence-corrected chi connectivity index (χ1v) is 14.2. The van der Waals surface area contributed by atoms with Crippen LogP contribution in [0, 0.1) is 5.82 Å². The molecule has 5 rings (SSSR count). The Labute approximate surface area is 242 Å². The second-order valence-electron chi connectivity index (χ2n) is 8.58. The molecule has 1 amide bonds. The molecule has 7 nitrogen and oxygen atoms in total. The fourth-order valence-corrected chi connectivity index (χ4v) is 6.13. The molecular weight excluding hydrogens is 573 g/mol. The van der Waals surface area contributed by atoms with Crippen LogP contribution in [-0.4, -0.2) is 33.6 Å². The van der Waals surface area contributed by atoms with Crippen molar-refractivity contribution < 1.29 is 23.8 Å². The fourth-order valence-electron chi connectivity index (χ4n) is 4.15. The SMILES string of the molecule is C=CCOc1cccc(C2/C(=C(\O)c3ccc(Cl)cc3)C(=O)C(=O)N2c2nnc(SCc3ccccc3F)s2)c1. The van der Waals surface area contributed by atoms with Gasteiger partial charge in [0.15, 0.2) is 4.34 Å². The van der Waals surface area contributed by atoms with E-state index in [2.05, 4.69) is 16.8 Å². The number of aliphatic hydroxyl groups excluding tert-OH is 1. The summed E-state index contributed by atoms with van der Waals surface area (Å²) in [6, 6.07) is 18.6. The average Bonchev–Trinajstić information content (AvgIpc) is 3.53. The number of thioether (sulfide) groups is 1. The van der Waals surface area contributed by atoms with Crippen LogP contribution in [0.1, 0.15) is 22.7 Å². The zero-order chi connectivity index (χ0) is 28.2. The van der Waals surface area contributed by atoms with Crippen LogP contribution in [0.25, 0.3) is 5.76 Å². The fraction of sp³-hybridized carbons (Fsp3) is 0.103. The van der Waals surface area contributed by atoms with Gasteiger partial charge in [-0.25, -0.2) is 4.39 Å². The van der Waals surface area contributed by atoms with Gasteiger partial charge in [0.05, 0.1) is 11.6 Å². The van der Waals surface area contributed by atoms with Crippen LogP contribution in [-0.2, 0) is 15.3 Å². The Kier molecular flexibility index (Phi) is 8.29. The highest BCUT2D eigenvalue weighted by Gasteiger charge is 2.48. The maximum absolute atomic E-state index is 14.1. The van der Waals surface area contributed by atoms with E-state index in [1.54, 1.807) is 72.8 Å². The summed E-state index contributed by atoms with van der Waals surface area (Å²) in [7, 11) is 0. The summed E-state index contributed by atoms with van der Waals surface area (Å²) in [5.41, 5.74) is 1.24. The van der Waals surface area contributed by atoms with E-state index in [-0.39, 0.29) is 28.9 Å². The van der Waals surface area contributed by atoms with Crippen molar-refractivity contribution in [3.05, 3.63) is 119 Å². The van der Waals surface area contributed by atoms with Gasteiger partial charge in [-0.05, 0) is 53.6 Å². The van der Waals surface area contributed by atoms with Gasteiger partial charge in [0.1, 0.15) is 23.9 Å². The molecule has 0 spiro atoms. The number of carbonyl (C=O) groups excluding carboxylic acids is 2. The zero-order valence-electron chi connectivity index (χ0n) is 20.8. The summed E-state index contributed by atoms with van der Waals surface area (Å²) in [4.78, 5) is 28.0. The highest BCUT2D eigenvalue weighted by atomic mass is 35.5. The van der Waals surface area contributed by atoms with Gasteiger partial charge in [0.25, 0.3) is 5.78 Å². The summed E-state index contributed by atoms with van der Waals surface area (Å²) < 4.78 is 20.2. The minimum atomic E-state index is -1.01. The number of Topliss-reactive ketones (excluding diaryl/α,β-unsaturated/α-hetero) is 1. The van der Waals surface area contributed by atoms with Gasteiger partial charge in [-0.15, -0.1) is 10.2 Å². The van der Waals surface area contributed by atoms with Crippen molar-refractivity contribution in [3.63, 3.8) is 0 Å². The number of rotatable bonds is 9. The highest BCUT2D eigenvalue weighted by molar-refractivity contribution is 8.00. The van der Waals surface area contributed by atoms with Gasteiger partial charge < -0.3 is 9.84 Å². The monoisotopic (exact) mass is 593 g/mol. The number of anilines is 1. The lowest BCUT2D eigenvalue weighted by Gasteiger charge is -2.23. The van der Waals surface area contributed by atoms with E-state index >= 15 is 0 Å². The van der Waals surface area contributed by atoms with Gasteiger partial charge in [0.2, 0.25) is 5.13 Å². The topological polar surface area (TPSA) is 92.6 Å². The summed E-state index contributed by atoms with van der Waals surface area (Å²) in [6.07, 6.45) is 1.60. The molecule has 40 heavy (non-hydrogen) atoms. The predicted octanol–water partition coefficient (Wildman–Crippen LogP) is 6.81. The molecular formula is C29H21ClFN3O4S2. The van der Waals surface area contributed by atoms with Gasteiger partial charge >= 0.3 is 5.91 Å². The van der Waals surface area contributed by atoms with E-state index in [1.807, 2.05) is 0 Å². The Hall–Kier alpha value is -3.99. The molecule has 0 bridgehead atoms. The van der Waals surface area contributed by atoms with Crippen molar-refractivity contribution in [2.75, 3.05) is 11.5 Å². The first-order chi connectivity index (χ1) is 19.4. The number of nitrogens with zero attached hydrogens (tertiary/aromatic N) is 3. The van der Waals surface area contributed by atoms with Crippen LogP contribution in [0.4, 0.5) is 9.52 Å². The molecule has 1 aromatic heterocycles. The molecule has 0 saturated carbocycles. The number of ketones is 1. The Bertz CT molecular complexity index is 1620. The molecule has 1 saturated heterocycles. The molecule has 4 aromatic rings.